The summed E-state index contributed by atoms with van der Waals surface area (Å²) in [6.07, 6.45) is 4.23. The summed E-state index contributed by atoms with van der Waals surface area (Å²) in [6.45, 7) is 0.563. The van der Waals surface area contributed by atoms with Crippen molar-refractivity contribution in [2.45, 2.75) is 25.3 Å². The molecule has 88 valence electrons. The van der Waals surface area contributed by atoms with E-state index in [-0.39, 0.29) is 5.91 Å². The summed E-state index contributed by atoms with van der Waals surface area (Å²) in [6, 6.07) is 5.82. The summed E-state index contributed by atoms with van der Waals surface area (Å²) < 4.78 is 0. The summed E-state index contributed by atoms with van der Waals surface area (Å²) in [5.74, 6) is 0.0783. The van der Waals surface area contributed by atoms with Crippen molar-refractivity contribution < 1.29 is 4.79 Å². The molecule has 1 aromatic heterocycles. The third kappa shape index (κ3) is 3.76. The normalized spacial score (nSPS) is 13.8. The van der Waals surface area contributed by atoms with Crippen LogP contribution in [-0.4, -0.2) is 23.5 Å². The highest BCUT2D eigenvalue weighted by molar-refractivity contribution is 5.77. The third-order valence-electron chi connectivity index (χ3n) is 2.50. The fourth-order valence-corrected chi connectivity index (χ4v) is 1.45. The van der Waals surface area contributed by atoms with Gasteiger partial charge in [0.25, 0.3) is 0 Å². The Labute approximate surface area is 99.9 Å². The van der Waals surface area contributed by atoms with Gasteiger partial charge in [-0.05, 0) is 25.0 Å². The molecular weight excluding hydrogens is 216 g/mol. The predicted octanol–water partition coefficient (Wildman–Crippen LogP) is 1.03. The van der Waals surface area contributed by atoms with Gasteiger partial charge in [-0.15, -0.1) is 0 Å². The molecule has 0 spiro atoms. The lowest BCUT2D eigenvalue weighted by molar-refractivity contribution is -0.120. The Morgan fingerprint density at radius 3 is 3.12 bits per heavy atom. The molecule has 0 atom stereocenters. The second-order valence-corrected chi connectivity index (χ2v) is 4.06. The van der Waals surface area contributed by atoms with E-state index in [0.29, 0.717) is 24.7 Å². The molecule has 1 saturated carbocycles. The number of aromatic nitrogens is 1. The maximum Gasteiger partial charge on any atom is 0.221 e. The van der Waals surface area contributed by atoms with Crippen LogP contribution >= 0.6 is 0 Å². The molecule has 1 heterocycles. The van der Waals surface area contributed by atoms with Crippen molar-refractivity contribution in [3.05, 3.63) is 24.0 Å². The Kier molecular flexibility index (Phi) is 3.55. The number of anilines is 1. The van der Waals surface area contributed by atoms with E-state index in [1.165, 1.54) is 0 Å². The molecule has 5 nitrogen and oxygen atoms in total. The van der Waals surface area contributed by atoms with Gasteiger partial charge in [0.15, 0.2) is 0 Å². The van der Waals surface area contributed by atoms with Gasteiger partial charge in [-0.1, -0.05) is 0 Å². The van der Waals surface area contributed by atoms with Gasteiger partial charge in [0.05, 0.1) is 0 Å². The van der Waals surface area contributed by atoms with Crippen LogP contribution in [0, 0.1) is 11.3 Å². The van der Waals surface area contributed by atoms with Gasteiger partial charge in [0.1, 0.15) is 11.8 Å². The number of hydrogen-bond acceptors (Lipinski definition) is 4. The molecule has 0 aliphatic heterocycles. The van der Waals surface area contributed by atoms with Gasteiger partial charge in [0.2, 0.25) is 5.91 Å². The van der Waals surface area contributed by atoms with E-state index < -0.39 is 0 Å². The molecule has 5 heteroatoms. The van der Waals surface area contributed by atoms with Crippen LogP contribution in [0.4, 0.5) is 5.69 Å². The van der Waals surface area contributed by atoms with Gasteiger partial charge in [-0.2, -0.15) is 5.26 Å². The summed E-state index contributed by atoms with van der Waals surface area (Å²) in [5.41, 5.74) is 1.19. The number of pyridine rings is 1. The van der Waals surface area contributed by atoms with E-state index in [9.17, 15) is 4.79 Å². The molecule has 0 bridgehead atoms. The van der Waals surface area contributed by atoms with Crippen molar-refractivity contribution in [1.29, 1.82) is 5.26 Å². The lowest BCUT2D eigenvalue weighted by Crippen LogP contribution is -2.27. The SMILES string of the molecule is N#Cc1cc(NCCC(=O)NC2CC2)ccn1. The Morgan fingerprint density at radius 2 is 2.41 bits per heavy atom. The van der Waals surface area contributed by atoms with Crippen LogP contribution in [0.3, 0.4) is 0 Å². The van der Waals surface area contributed by atoms with Crippen LogP contribution in [0.5, 0.6) is 0 Å². The van der Waals surface area contributed by atoms with Crippen molar-refractivity contribution >= 4 is 11.6 Å². The molecule has 1 amide bonds. The number of carbonyl (C=O) groups is 1. The van der Waals surface area contributed by atoms with Crippen molar-refractivity contribution in [3.8, 4) is 6.07 Å². The van der Waals surface area contributed by atoms with Crippen LogP contribution in [0.25, 0.3) is 0 Å². The molecule has 0 unspecified atom stereocenters. The molecule has 1 aliphatic carbocycles. The molecule has 17 heavy (non-hydrogen) atoms. The maximum absolute atomic E-state index is 11.4. The third-order valence-corrected chi connectivity index (χ3v) is 2.50. The molecule has 1 aliphatic rings. The molecule has 2 rings (SSSR count). The number of nitrogens with zero attached hydrogens (tertiary/aromatic N) is 2. The van der Waals surface area contributed by atoms with Crippen LogP contribution in [-0.2, 0) is 4.79 Å². The molecule has 2 N–H and O–H groups in total. The lowest BCUT2D eigenvalue weighted by Gasteiger charge is -2.06. The second-order valence-electron chi connectivity index (χ2n) is 4.06. The van der Waals surface area contributed by atoms with E-state index in [4.69, 9.17) is 5.26 Å². The first-order valence-corrected chi connectivity index (χ1v) is 5.67. The standard InChI is InChI=1S/C12H14N4O/c13-8-11-7-10(3-5-15-11)14-6-4-12(17)16-9-1-2-9/h3,5,7,9H,1-2,4,6H2,(H,14,15)(H,16,17). The zero-order valence-electron chi connectivity index (χ0n) is 9.44. The number of carbonyl (C=O) groups excluding carboxylic acids is 1. The maximum atomic E-state index is 11.4. The van der Waals surface area contributed by atoms with Crippen molar-refractivity contribution in [3.63, 3.8) is 0 Å². The minimum absolute atomic E-state index is 0.0783. The van der Waals surface area contributed by atoms with E-state index >= 15 is 0 Å². The molecule has 0 aromatic carbocycles. The monoisotopic (exact) mass is 230 g/mol. The first-order valence-electron chi connectivity index (χ1n) is 5.67. The summed E-state index contributed by atoms with van der Waals surface area (Å²) in [7, 11) is 0. The number of nitrogens with one attached hydrogen (secondary N) is 2. The molecule has 0 radical (unpaired) electrons. The number of rotatable bonds is 5. The average Bonchev–Trinajstić information content (AvgIpc) is 3.13. The minimum atomic E-state index is 0.0783. The highest BCUT2D eigenvalue weighted by Gasteiger charge is 2.22. The van der Waals surface area contributed by atoms with Crippen LogP contribution in [0.2, 0.25) is 0 Å². The van der Waals surface area contributed by atoms with E-state index in [1.54, 1.807) is 18.3 Å². The molecular formula is C12H14N4O. The van der Waals surface area contributed by atoms with E-state index in [2.05, 4.69) is 15.6 Å². The van der Waals surface area contributed by atoms with Crippen molar-refractivity contribution in [2.24, 2.45) is 0 Å². The summed E-state index contributed by atoms with van der Waals surface area (Å²) in [4.78, 5) is 15.3. The summed E-state index contributed by atoms with van der Waals surface area (Å²) in [5, 5.41) is 14.7. The first kappa shape index (κ1) is 11.4. The zero-order valence-corrected chi connectivity index (χ0v) is 9.44. The topological polar surface area (TPSA) is 77.8 Å². The fraction of sp³-hybridized carbons (Fsp3) is 0.417. The first-order chi connectivity index (χ1) is 8.28. The Hall–Kier alpha value is -2.09. The Bertz CT molecular complexity index is 448. The van der Waals surface area contributed by atoms with Gasteiger partial charge in [0, 0.05) is 30.9 Å². The molecule has 1 fully saturated rings. The quantitative estimate of drug-likeness (QED) is 0.792. The minimum Gasteiger partial charge on any atom is -0.384 e. The largest absolute Gasteiger partial charge is 0.384 e. The highest BCUT2D eigenvalue weighted by Crippen LogP contribution is 2.18. The van der Waals surface area contributed by atoms with Crippen molar-refractivity contribution in [1.82, 2.24) is 10.3 Å². The van der Waals surface area contributed by atoms with Crippen molar-refractivity contribution in [2.75, 3.05) is 11.9 Å². The molecule has 0 saturated heterocycles. The number of nitriles is 1. The van der Waals surface area contributed by atoms with Crippen LogP contribution < -0.4 is 10.6 Å². The average molecular weight is 230 g/mol. The van der Waals surface area contributed by atoms with Crippen LogP contribution in [0.1, 0.15) is 25.0 Å². The Balaban J connectivity index is 1.73. The van der Waals surface area contributed by atoms with Gasteiger partial charge in [-0.25, -0.2) is 4.98 Å². The van der Waals surface area contributed by atoms with Gasteiger partial charge < -0.3 is 10.6 Å². The smallest absolute Gasteiger partial charge is 0.221 e. The number of amides is 1. The number of hydrogen-bond donors (Lipinski definition) is 2. The van der Waals surface area contributed by atoms with Gasteiger partial charge in [-0.3, -0.25) is 4.79 Å². The second kappa shape index (κ2) is 5.30. The van der Waals surface area contributed by atoms with Crippen LogP contribution in [0.15, 0.2) is 18.3 Å². The highest BCUT2D eigenvalue weighted by atomic mass is 16.1. The molecule has 1 aromatic rings. The zero-order chi connectivity index (χ0) is 12.1. The van der Waals surface area contributed by atoms with E-state index in [0.717, 1.165) is 18.5 Å². The Morgan fingerprint density at radius 1 is 1.59 bits per heavy atom. The lowest BCUT2D eigenvalue weighted by atomic mass is 10.3. The fourth-order valence-electron chi connectivity index (χ4n) is 1.45. The van der Waals surface area contributed by atoms with E-state index in [1.807, 2.05) is 6.07 Å². The van der Waals surface area contributed by atoms with Gasteiger partial charge >= 0.3 is 0 Å². The predicted molar refractivity (Wildman–Crippen MR) is 63.2 cm³/mol. The summed E-state index contributed by atoms with van der Waals surface area (Å²) >= 11 is 0.